The second-order valence-electron chi connectivity index (χ2n) is 3.08. The Morgan fingerprint density at radius 3 is 2.64 bits per heavy atom. The minimum absolute atomic E-state index is 0.250. The molecule has 64 valence electrons. The third-order valence-corrected chi connectivity index (χ3v) is 1.99. The van der Waals surface area contributed by atoms with Crippen molar-refractivity contribution >= 4 is 5.78 Å². The maximum Gasteiger partial charge on any atom is 0.132 e. The average Bonchev–Trinajstić information content (AvgIpc) is 1.97. The molecule has 0 aromatic rings. The number of Topliss-reactive ketones (excluding diaryl/α,β-unsaturated/α-hetero) is 1. The monoisotopic (exact) mass is 154 g/mol. The number of rotatable bonds is 6. The van der Waals surface area contributed by atoms with Gasteiger partial charge in [-0.2, -0.15) is 0 Å². The van der Waals surface area contributed by atoms with Crippen LogP contribution in [0.1, 0.15) is 39.5 Å². The lowest BCUT2D eigenvalue weighted by Crippen LogP contribution is -2.05. The van der Waals surface area contributed by atoms with E-state index in [9.17, 15) is 4.79 Å². The van der Waals surface area contributed by atoms with Gasteiger partial charge in [0.05, 0.1) is 0 Å². The van der Waals surface area contributed by atoms with Crippen LogP contribution in [0.2, 0.25) is 0 Å². The number of carbonyl (C=O) groups is 1. The standard InChI is InChI=1S/C10H18O/c1-4-5-6-7-8-9(2)10(3)11/h4,9H,1,5-8H2,2-3H3/t9-/m1/s1. The molecule has 0 saturated carbocycles. The molecule has 1 atom stereocenters. The van der Waals surface area contributed by atoms with E-state index in [1.54, 1.807) is 6.92 Å². The van der Waals surface area contributed by atoms with Crippen molar-refractivity contribution in [3.63, 3.8) is 0 Å². The Morgan fingerprint density at radius 2 is 2.18 bits per heavy atom. The highest BCUT2D eigenvalue weighted by molar-refractivity contribution is 5.77. The summed E-state index contributed by atoms with van der Waals surface area (Å²) in [5.41, 5.74) is 0. The molecule has 0 rings (SSSR count). The van der Waals surface area contributed by atoms with E-state index in [2.05, 4.69) is 6.58 Å². The number of carbonyl (C=O) groups excluding carboxylic acids is 1. The van der Waals surface area contributed by atoms with Crippen LogP contribution < -0.4 is 0 Å². The first-order chi connectivity index (χ1) is 5.18. The molecule has 0 radical (unpaired) electrons. The van der Waals surface area contributed by atoms with Gasteiger partial charge in [0.2, 0.25) is 0 Å². The topological polar surface area (TPSA) is 17.1 Å². The molecule has 0 aromatic carbocycles. The Bertz CT molecular complexity index is 127. The molecule has 0 heterocycles. The van der Waals surface area contributed by atoms with Crippen molar-refractivity contribution in [1.29, 1.82) is 0 Å². The molecule has 0 aliphatic carbocycles. The van der Waals surface area contributed by atoms with E-state index < -0.39 is 0 Å². The van der Waals surface area contributed by atoms with E-state index in [1.807, 2.05) is 13.0 Å². The van der Waals surface area contributed by atoms with E-state index in [1.165, 1.54) is 6.42 Å². The summed E-state index contributed by atoms with van der Waals surface area (Å²) in [4.78, 5) is 10.8. The molecule has 0 bridgehead atoms. The van der Waals surface area contributed by atoms with Gasteiger partial charge in [-0.05, 0) is 26.2 Å². The molecule has 0 fully saturated rings. The van der Waals surface area contributed by atoms with E-state index >= 15 is 0 Å². The van der Waals surface area contributed by atoms with Gasteiger partial charge < -0.3 is 0 Å². The quantitative estimate of drug-likeness (QED) is 0.424. The van der Waals surface area contributed by atoms with E-state index in [0.29, 0.717) is 5.78 Å². The highest BCUT2D eigenvalue weighted by Gasteiger charge is 2.05. The summed E-state index contributed by atoms with van der Waals surface area (Å²) in [5, 5.41) is 0. The average molecular weight is 154 g/mol. The Kier molecular flexibility index (Phi) is 5.81. The first-order valence-electron chi connectivity index (χ1n) is 4.29. The minimum atomic E-state index is 0.250. The third kappa shape index (κ3) is 5.84. The van der Waals surface area contributed by atoms with Crippen molar-refractivity contribution in [2.75, 3.05) is 0 Å². The Hall–Kier alpha value is -0.590. The van der Waals surface area contributed by atoms with Crippen molar-refractivity contribution in [1.82, 2.24) is 0 Å². The minimum Gasteiger partial charge on any atom is -0.300 e. The zero-order valence-corrected chi connectivity index (χ0v) is 7.60. The van der Waals surface area contributed by atoms with Gasteiger partial charge in [0, 0.05) is 5.92 Å². The van der Waals surface area contributed by atoms with Crippen LogP contribution in [0.3, 0.4) is 0 Å². The van der Waals surface area contributed by atoms with Crippen LogP contribution in [0.15, 0.2) is 12.7 Å². The second kappa shape index (κ2) is 6.14. The van der Waals surface area contributed by atoms with Crippen molar-refractivity contribution in [2.45, 2.75) is 39.5 Å². The summed E-state index contributed by atoms with van der Waals surface area (Å²) >= 11 is 0. The molecule has 0 amide bonds. The Balaban J connectivity index is 3.24. The SMILES string of the molecule is C=CCCCC[C@@H](C)C(C)=O. The zero-order valence-electron chi connectivity index (χ0n) is 7.60. The molecule has 0 aromatic heterocycles. The number of hydrogen-bond acceptors (Lipinski definition) is 1. The highest BCUT2D eigenvalue weighted by atomic mass is 16.1. The van der Waals surface area contributed by atoms with Gasteiger partial charge in [0.1, 0.15) is 5.78 Å². The molecule has 0 spiro atoms. The van der Waals surface area contributed by atoms with Gasteiger partial charge in [0.25, 0.3) is 0 Å². The van der Waals surface area contributed by atoms with Gasteiger partial charge in [-0.15, -0.1) is 6.58 Å². The number of unbranched alkanes of at least 4 members (excludes halogenated alkanes) is 2. The van der Waals surface area contributed by atoms with Crippen molar-refractivity contribution in [3.8, 4) is 0 Å². The Labute approximate surface area is 69.5 Å². The van der Waals surface area contributed by atoms with Crippen LogP contribution >= 0.6 is 0 Å². The highest BCUT2D eigenvalue weighted by Crippen LogP contribution is 2.09. The van der Waals surface area contributed by atoms with Crippen LogP contribution in [-0.2, 0) is 4.79 Å². The first kappa shape index (κ1) is 10.4. The lowest BCUT2D eigenvalue weighted by molar-refractivity contribution is -0.120. The molecular weight excluding hydrogens is 136 g/mol. The van der Waals surface area contributed by atoms with Crippen LogP contribution in [0.25, 0.3) is 0 Å². The molecule has 0 N–H and O–H groups in total. The van der Waals surface area contributed by atoms with Crippen LogP contribution in [-0.4, -0.2) is 5.78 Å². The van der Waals surface area contributed by atoms with Gasteiger partial charge in [-0.1, -0.05) is 19.4 Å². The van der Waals surface area contributed by atoms with E-state index in [4.69, 9.17) is 0 Å². The van der Waals surface area contributed by atoms with Crippen LogP contribution in [0.4, 0.5) is 0 Å². The fourth-order valence-corrected chi connectivity index (χ4v) is 0.942. The summed E-state index contributed by atoms with van der Waals surface area (Å²) in [6, 6.07) is 0. The number of ketones is 1. The fraction of sp³-hybridized carbons (Fsp3) is 0.700. The molecule has 1 nitrogen and oxygen atoms in total. The van der Waals surface area contributed by atoms with Crippen LogP contribution in [0.5, 0.6) is 0 Å². The normalized spacial score (nSPS) is 12.5. The summed E-state index contributed by atoms with van der Waals surface area (Å²) in [6.45, 7) is 7.31. The third-order valence-electron chi connectivity index (χ3n) is 1.99. The number of hydrogen-bond donors (Lipinski definition) is 0. The molecule has 0 saturated heterocycles. The second-order valence-corrected chi connectivity index (χ2v) is 3.08. The lowest BCUT2D eigenvalue weighted by atomic mass is 10.00. The van der Waals surface area contributed by atoms with Gasteiger partial charge in [0.15, 0.2) is 0 Å². The summed E-state index contributed by atoms with van der Waals surface area (Å²) in [7, 11) is 0. The molecule has 0 aliphatic rings. The predicted octanol–water partition coefficient (Wildman–Crippen LogP) is 2.96. The summed E-state index contributed by atoms with van der Waals surface area (Å²) in [5.74, 6) is 0.559. The molecule has 11 heavy (non-hydrogen) atoms. The van der Waals surface area contributed by atoms with Crippen molar-refractivity contribution in [3.05, 3.63) is 12.7 Å². The van der Waals surface area contributed by atoms with Gasteiger partial charge >= 0.3 is 0 Å². The first-order valence-corrected chi connectivity index (χ1v) is 4.29. The molecule has 0 aliphatic heterocycles. The smallest absolute Gasteiger partial charge is 0.132 e. The van der Waals surface area contributed by atoms with Crippen molar-refractivity contribution < 1.29 is 4.79 Å². The summed E-state index contributed by atoms with van der Waals surface area (Å²) in [6.07, 6.45) is 6.35. The maximum absolute atomic E-state index is 10.8. The Morgan fingerprint density at radius 1 is 1.55 bits per heavy atom. The predicted molar refractivity (Wildman–Crippen MR) is 48.5 cm³/mol. The fourth-order valence-electron chi connectivity index (χ4n) is 0.942. The van der Waals surface area contributed by atoms with Gasteiger partial charge in [-0.25, -0.2) is 0 Å². The van der Waals surface area contributed by atoms with E-state index in [0.717, 1.165) is 19.3 Å². The zero-order chi connectivity index (χ0) is 8.69. The number of allylic oxidation sites excluding steroid dienone is 1. The maximum atomic E-state index is 10.8. The lowest BCUT2D eigenvalue weighted by Gasteiger charge is -2.05. The molecule has 0 unspecified atom stereocenters. The van der Waals surface area contributed by atoms with E-state index in [-0.39, 0.29) is 5.92 Å². The molecule has 1 heteroatoms. The summed E-state index contributed by atoms with van der Waals surface area (Å²) < 4.78 is 0. The van der Waals surface area contributed by atoms with Crippen LogP contribution in [0, 0.1) is 5.92 Å². The largest absolute Gasteiger partial charge is 0.300 e. The van der Waals surface area contributed by atoms with Crippen molar-refractivity contribution in [2.24, 2.45) is 5.92 Å². The van der Waals surface area contributed by atoms with Gasteiger partial charge in [-0.3, -0.25) is 4.79 Å². The molecular formula is C10H18O.